The summed E-state index contributed by atoms with van der Waals surface area (Å²) in [5.41, 5.74) is 7.82. The maximum atomic E-state index is 10.9. The number of carboxylic acid groups (broad SMARTS) is 1. The molecule has 0 spiro atoms. The van der Waals surface area contributed by atoms with E-state index in [1.54, 1.807) is 19.2 Å². The molecule has 1 unspecified atom stereocenters. The molecule has 2 heterocycles. The van der Waals surface area contributed by atoms with Crippen LogP contribution in [0.25, 0.3) is 0 Å². The van der Waals surface area contributed by atoms with Crippen LogP contribution in [0.2, 0.25) is 0 Å². The molecule has 0 fully saturated rings. The number of ether oxygens (including phenoxy) is 1. The zero-order valence-corrected chi connectivity index (χ0v) is 14.0. The van der Waals surface area contributed by atoms with Crippen molar-refractivity contribution in [2.75, 3.05) is 30.0 Å². The van der Waals surface area contributed by atoms with Gasteiger partial charge in [0.1, 0.15) is 5.69 Å². The minimum Gasteiger partial charge on any atom is -0.479 e. The van der Waals surface area contributed by atoms with Crippen molar-refractivity contribution in [2.24, 2.45) is 0 Å². The van der Waals surface area contributed by atoms with Gasteiger partial charge in [-0.25, -0.2) is 4.79 Å². The third-order valence-corrected chi connectivity index (χ3v) is 4.20. The van der Waals surface area contributed by atoms with Crippen LogP contribution in [0.3, 0.4) is 0 Å². The molecule has 0 amide bonds. The molecule has 0 bridgehead atoms. The first kappa shape index (κ1) is 16.8. The molecule has 132 valence electrons. The van der Waals surface area contributed by atoms with E-state index in [0.29, 0.717) is 17.3 Å². The van der Waals surface area contributed by atoms with Gasteiger partial charge in [-0.15, -0.1) is 0 Å². The van der Waals surface area contributed by atoms with Crippen molar-refractivity contribution in [3.63, 3.8) is 0 Å². The van der Waals surface area contributed by atoms with Crippen LogP contribution in [0.1, 0.15) is 28.8 Å². The summed E-state index contributed by atoms with van der Waals surface area (Å²) >= 11 is 0. The highest BCUT2D eigenvalue weighted by molar-refractivity contribution is 5.87. The third kappa shape index (κ3) is 3.90. The summed E-state index contributed by atoms with van der Waals surface area (Å²) in [5.74, 6) is 0.332. The topological polar surface area (TPSA) is 122 Å². The number of aromatic carboxylic acids is 1. The predicted octanol–water partition coefficient (Wildman–Crippen LogP) is 1.99. The summed E-state index contributed by atoms with van der Waals surface area (Å²) in [7, 11) is 1.55. The number of methoxy groups -OCH3 is 1. The normalized spacial score (nSPS) is 16.1. The minimum atomic E-state index is -0.911. The van der Waals surface area contributed by atoms with Crippen LogP contribution in [0.4, 0.5) is 17.5 Å². The van der Waals surface area contributed by atoms with E-state index in [0.717, 1.165) is 37.1 Å². The first-order valence-corrected chi connectivity index (χ1v) is 8.11. The van der Waals surface area contributed by atoms with Crippen molar-refractivity contribution < 1.29 is 14.6 Å². The van der Waals surface area contributed by atoms with E-state index in [4.69, 9.17) is 15.6 Å². The number of nitrogens with two attached hydrogens (primary N) is 1. The molecule has 1 aromatic carbocycles. The van der Waals surface area contributed by atoms with Crippen molar-refractivity contribution in [2.45, 2.75) is 25.3 Å². The molecule has 1 aliphatic heterocycles. The van der Waals surface area contributed by atoms with E-state index in [1.807, 2.05) is 12.1 Å². The lowest BCUT2D eigenvalue weighted by molar-refractivity contribution is 0.0697. The van der Waals surface area contributed by atoms with Gasteiger partial charge in [-0.1, -0.05) is 12.1 Å². The van der Waals surface area contributed by atoms with E-state index in [-0.39, 0.29) is 12.0 Å². The molecule has 1 atom stereocenters. The highest BCUT2D eigenvalue weighted by Gasteiger charge is 2.21. The summed E-state index contributed by atoms with van der Waals surface area (Å²) in [6.45, 7) is 0.766. The molecule has 1 aromatic heterocycles. The highest BCUT2D eigenvalue weighted by Crippen LogP contribution is 2.33. The monoisotopic (exact) mass is 343 g/mol. The highest BCUT2D eigenvalue weighted by atomic mass is 16.5. The fourth-order valence-corrected chi connectivity index (χ4v) is 2.87. The first-order valence-electron chi connectivity index (χ1n) is 8.11. The molecule has 8 nitrogen and oxygen atoms in total. The maximum absolute atomic E-state index is 10.9. The van der Waals surface area contributed by atoms with Crippen LogP contribution in [0.15, 0.2) is 24.3 Å². The van der Waals surface area contributed by atoms with Crippen LogP contribution >= 0.6 is 0 Å². The summed E-state index contributed by atoms with van der Waals surface area (Å²) in [4.78, 5) is 19.2. The van der Waals surface area contributed by atoms with Crippen LogP contribution in [-0.2, 0) is 6.42 Å². The molecule has 3 rings (SSSR count). The molecule has 0 saturated heterocycles. The smallest absolute Gasteiger partial charge is 0.335 e. The van der Waals surface area contributed by atoms with Gasteiger partial charge in [-0.2, -0.15) is 9.97 Å². The lowest BCUT2D eigenvalue weighted by atomic mass is 10.0. The standard InChI is InChI=1S/C17H21N5O3/c1-25-15-13-14(21-17(18)22-15)19-9-8-12(20-13)7-4-10-2-5-11(6-3-10)16(23)24/h2-3,5-6,12,20H,4,7-9H2,1H3,(H,23,24)(H3,18,19,21,22). The second kappa shape index (κ2) is 7.25. The van der Waals surface area contributed by atoms with Crippen molar-refractivity contribution in [1.82, 2.24) is 9.97 Å². The number of benzene rings is 1. The Hall–Kier alpha value is -3.03. The number of anilines is 3. The van der Waals surface area contributed by atoms with Crippen LogP contribution in [-0.4, -0.2) is 40.7 Å². The largest absolute Gasteiger partial charge is 0.479 e. The average Bonchev–Trinajstić information content (AvgIpc) is 2.81. The Balaban J connectivity index is 1.69. The van der Waals surface area contributed by atoms with Gasteiger partial charge in [-0.3, -0.25) is 0 Å². The molecule has 1 aliphatic rings. The van der Waals surface area contributed by atoms with Gasteiger partial charge in [0.15, 0.2) is 5.82 Å². The Morgan fingerprint density at radius 3 is 2.80 bits per heavy atom. The molecule has 8 heteroatoms. The number of carboxylic acids is 1. The van der Waals surface area contributed by atoms with Crippen molar-refractivity contribution >= 4 is 23.4 Å². The third-order valence-electron chi connectivity index (χ3n) is 4.20. The Labute approximate surface area is 145 Å². The van der Waals surface area contributed by atoms with Gasteiger partial charge < -0.3 is 26.2 Å². The lowest BCUT2D eigenvalue weighted by Crippen LogP contribution is -2.21. The van der Waals surface area contributed by atoms with Crippen molar-refractivity contribution in [3.05, 3.63) is 35.4 Å². The number of carbonyl (C=O) groups is 1. The van der Waals surface area contributed by atoms with Crippen LogP contribution in [0, 0.1) is 0 Å². The number of aryl methyl sites for hydroxylation is 1. The number of aromatic nitrogens is 2. The number of nitrogens with zero attached hydrogens (tertiary/aromatic N) is 2. The van der Waals surface area contributed by atoms with E-state index >= 15 is 0 Å². The number of hydrogen-bond acceptors (Lipinski definition) is 7. The summed E-state index contributed by atoms with van der Waals surface area (Å²) in [6, 6.07) is 7.20. The molecule has 2 aromatic rings. The Morgan fingerprint density at radius 2 is 2.12 bits per heavy atom. The van der Waals surface area contributed by atoms with E-state index in [2.05, 4.69) is 20.6 Å². The zero-order chi connectivity index (χ0) is 17.8. The second-order valence-corrected chi connectivity index (χ2v) is 5.91. The molecule has 5 N–H and O–H groups in total. The Kier molecular flexibility index (Phi) is 4.87. The van der Waals surface area contributed by atoms with Crippen molar-refractivity contribution in [3.8, 4) is 5.88 Å². The fourth-order valence-electron chi connectivity index (χ4n) is 2.87. The molecule has 0 radical (unpaired) electrons. The zero-order valence-electron chi connectivity index (χ0n) is 14.0. The first-order chi connectivity index (χ1) is 12.1. The number of hydrogen-bond donors (Lipinski definition) is 4. The van der Waals surface area contributed by atoms with Gasteiger partial charge in [0.25, 0.3) is 0 Å². The molecule has 25 heavy (non-hydrogen) atoms. The van der Waals surface area contributed by atoms with Gasteiger partial charge in [0, 0.05) is 12.6 Å². The lowest BCUT2D eigenvalue weighted by Gasteiger charge is -2.18. The Morgan fingerprint density at radius 1 is 1.36 bits per heavy atom. The molecular formula is C17H21N5O3. The number of rotatable bonds is 5. The Bertz CT molecular complexity index is 764. The summed E-state index contributed by atoms with van der Waals surface area (Å²) in [6.07, 6.45) is 2.64. The molecular weight excluding hydrogens is 322 g/mol. The van der Waals surface area contributed by atoms with Crippen molar-refractivity contribution in [1.29, 1.82) is 0 Å². The fraction of sp³-hybridized carbons (Fsp3) is 0.353. The van der Waals surface area contributed by atoms with Gasteiger partial charge in [0.05, 0.1) is 12.7 Å². The summed E-state index contributed by atoms with van der Waals surface area (Å²) in [5, 5.41) is 15.6. The van der Waals surface area contributed by atoms with Crippen LogP contribution in [0.5, 0.6) is 5.88 Å². The van der Waals surface area contributed by atoms with E-state index in [9.17, 15) is 4.79 Å². The van der Waals surface area contributed by atoms with Gasteiger partial charge >= 0.3 is 5.97 Å². The maximum Gasteiger partial charge on any atom is 0.335 e. The average molecular weight is 343 g/mol. The van der Waals surface area contributed by atoms with E-state index < -0.39 is 5.97 Å². The quantitative estimate of drug-likeness (QED) is 0.650. The van der Waals surface area contributed by atoms with Crippen LogP contribution < -0.4 is 21.1 Å². The molecule has 0 aliphatic carbocycles. The number of fused-ring (bicyclic) bond motifs is 1. The predicted molar refractivity (Wildman–Crippen MR) is 95.2 cm³/mol. The van der Waals surface area contributed by atoms with Gasteiger partial charge in [-0.05, 0) is 37.0 Å². The molecule has 0 saturated carbocycles. The SMILES string of the molecule is COc1nc(N)nc2c1NC(CCc1ccc(C(=O)O)cc1)CCN2. The second-order valence-electron chi connectivity index (χ2n) is 5.91. The van der Waals surface area contributed by atoms with Gasteiger partial charge in [0.2, 0.25) is 11.8 Å². The minimum absolute atomic E-state index is 0.168. The number of nitrogens with one attached hydrogen (secondary N) is 2. The number of nitrogen functional groups attached to an aromatic ring is 1. The summed E-state index contributed by atoms with van der Waals surface area (Å²) < 4.78 is 5.31. The van der Waals surface area contributed by atoms with E-state index in [1.165, 1.54) is 0 Å².